The Balaban J connectivity index is 1.88. The van der Waals surface area contributed by atoms with Crippen LogP contribution in [0.3, 0.4) is 0 Å². The standard InChI is InChI=1S/C14H20Cl2N2/c1-10(13-6-5-11(15)8-14(13)16)18-9-12-4-2-3-7-17-12/h5-6,8,10,12,17-18H,2-4,7,9H2,1H3. The summed E-state index contributed by atoms with van der Waals surface area (Å²) >= 11 is 12.1. The molecule has 1 aromatic rings. The lowest BCUT2D eigenvalue weighted by Gasteiger charge is -2.26. The molecular weight excluding hydrogens is 267 g/mol. The summed E-state index contributed by atoms with van der Waals surface area (Å²) in [4.78, 5) is 0. The van der Waals surface area contributed by atoms with Gasteiger partial charge < -0.3 is 10.6 Å². The Labute approximate surface area is 119 Å². The van der Waals surface area contributed by atoms with E-state index in [1.165, 1.54) is 19.3 Å². The van der Waals surface area contributed by atoms with Gasteiger partial charge in [-0.25, -0.2) is 0 Å². The first-order chi connectivity index (χ1) is 8.66. The van der Waals surface area contributed by atoms with Crippen molar-refractivity contribution in [1.29, 1.82) is 0 Å². The minimum Gasteiger partial charge on any atom is -0.313 e. The first-order valence-electron chi connectivity index (χ1n) is 6.58. The van der Waals surface area contributed by atoms with Gasteiger partial charge in [0, 0.05) is 28.7 Å². The highest BCUT2D eigenvalue weighted by Crippen LogP contribution is 2.26. The fourth-order valence-corrected chi connectivity index (χ4v) is 2.95. The molecule has 0 saturated carbocycles. The van der Waals surface area contributed by atoms with Crippen LogP contribution in [0.2, 0.25) is 10.0 Å². The number of benzene rings is 1. The lowest BCUT2D eigenvalue weighted by molar-refractivity contribution is 0.371. The SMILES string of the molecule is CC(NCC1CCCCN1)c1ccc(Cl)cc1Cl. The number of rotatable bonds is 4. The van der Waals surface area contributed by atoms with Crippen LogP contribution in [0, 0.1) is 0 Å². The predicted molar refractivity (Wildman–Crippen MR) is 78.5 cm³/mol. The monoisotopic (exact) mass is 286 g/mol. The van der Waals surface area contributed by atoms with Gasteiger partial charge in [0.2, 0.25) is 0 Å². The van der Waals surface area contributed by atoms with Gasteiger partial charge in [-0.15, -0.1) is 0 Å². The Kier molecular flexibility index (Phi) is 5.31. The van der Waals surface area contributed by atoms with Crippen molar-refractivity contribution >= 4 is 23.2 Å². The zero-order chi connectivity index (χ0) is 13.0. The third kappa shape index (κ3) is 3.86. The Morgan fingerprint density at radius 3 is 2.89 bits per heavy atom. The minimum atomic E-state index is 0.249. The van der Waals surface area contributed by atoms with Crippen molar-refractivity contribution in [3.63, 3.8) is 0 Å². The molecule has 2 nitrogen and oxygen atoms in total. The van der Waals surface area contributed by atoms with E-state index in [2.05, 4.69) is 17.6 Å². The molecule has 0 aromatic heterocycles. The molecule has 2 atom stereocenters. The van der Waals surface area contributed by atoms with Crippen LogP contribution in [-0.2, 0) is 0 Å². The van der Waals surface area contributed by atoms with Gasteiger partial charge in [-0.05, 0) is 44.0 Å². The van der Waals surface area contributed by atoms with Crippen molar-refractivity contribution in [2.45, 2.75) is 38.3 Å². The lowest BCUT2D eigenvalue weighted by atomic mass is 10.0. The van der Waals surface area contributed by atoms with Gasteiger partial charge in [0.1, 0.15) is 0 Å². The van der Waals surface area contributed by atoms with E-state index < -0.39 is 0 Å². The van der Waals surface area contributed by atoms with E-state index in [0.29, 0.717) is 11.1 Å². The van der Waals surface area contributed by atoms with E-state index in [9.17, 15) is 0 Å². The molecule has 0 bridgehead atoms. The molecule has 1 aromatic carbocycles. The first-order valence-corrected chi connectivity index (χ1v) is 7.34. The summed E-state index contributed by atoms with van der Waals surface area (Å²) in [6.07, 6.45) is 3.89. The Bertz CT molecular complexity index is 389. The van der Waals surface area contributed by atoms with E-state index in [4.69, 9.17) is 23.2 Å². The molecule has 1 aliphatic heterocycles. The highest BCUT2D eigenvalue weighted by molar-refractivity contribution is 6.35. The van der Waals surface area contributed by atoms with Gasteiger partial charge in [-0.1, -0.05) is 35.7 Å². The molecule has 0 amide bonds. The third-order valence-corrected chi connectivity index (χ3v) is 4.07. The van der Waals surface area contributed by atoms with Crippen molar-refractivity contribution in [1.82, 2.24) is 10.6 Å². The maximum Gasteiger partial charge on any atom is 0.0468 e. The van der Waals surface area contributed by atoms with E-state index in [1.807, 2.05) is 12.1 Å². The highest BCUT2D eigenvalue weighted by Gasteiger charge is 2.15. The summed E-state index contributed by atoms with van der Waals surface area (Å²) in [6, 6.07) is 6.53. The zero-order valence-corrected chi connectivity index (χ0v) is 12.2. The lowest BCUT2D eigenvalue weighted by Crippen LogP contribution is -2.42. The van der Waals surface area contributed by atoms with Crippen molar-refractivity contribution in [3.05, 3.63) is 33.8 Å². The molecule has 0 radical (unpaired) electrons. The van der Waals surface area contributed by atoms with Crippen LogP contribution in [-0.4, -0.2) is 19.1 Å². The van der Waals surface area contributed by atoms with Crippen molar-refractivity contribution < 1.29 is 0 Å². The van der Waals surface area contributed by atoms with Gasteiger partial charge in [-0.3, -0.25) is 0 Å². The van der Waals surface area contributed by atoms with Crippen LogP contribution in [0.5, 0.6) is 0 Å². The highest BCUT2D eigenvalue weighted by atomic mass is 35.5. The van der Waals surface area contributed by atoms with E-state index in [1.54, 1.807) is 6.07 Å². The molecule has 0 spiro atoms. The predicted octanol–water partition coefficient (Wildman–Crippen LogP) is 3.79. The van der Waals surface area contributed by atoms with E-state index >= 15 is 0 Å². The molecule has 4 heteroatoms. The summed E-state index contributed by atoms with van der Waals surface area (Å²) in [7, 11) is 0. The number of hydrogen-bond acceptors (Lipinski definition) is 2. The summed E-state index contributed by atoms with van der Waals surface area (Å²) in [5, 5.41) is 8.49. The van der Waals surface area contributed by atoms with Gasteiger partial charge in [-0.2, -0.15) is 0 Å². The van der Waals surface area contributed by atoms with Crippen molar-refractivity contribution in [2.24, 2.45) is 0 Å². The molecule has 0 aliphatic carbocycles. The average molecular weight is 287 g/mol. The Hall–Kier alpha value is -0.280. The minimum absolute atomic E-state index is 0.249. The van der Waals surface area contributed by atoms with Gasteiger partial charge in [0.05, 0.1) is 0 Å². The summed E-state index contributed by atoms with van der Waals surface area (Å²) in [5.74, 6) is 0. The maximum absolute atomic E-state index is 6.21. The molecule has 1 saturated heterocycles. The third-order valence-electron chi connectivity index (χ3n) is 3.51. The van der Waals surface area contributed by atoms with Crippen molar-refractivity contribution in [3.8, 4) is 0 Å². The molecule has 1 heterocycles. The molecule has 2 rings (SSSR count). The number of hydrogen-bond donors (Lipinski definition) is 2. The van der Waals surface area contributed by atoms with Crippen LogP contribution >= 0.6 is 23.2 Å². The zero-order valence-electron chi connectivity index (χ0n) is 10.7. The summed E-state index contributed by atoms with van der Waals surface area (Å²) in [6.45, 7) is 4.26. The summed E-state index contributed by atoms with van der Waals surface area (Å²) < 4.78 is 0. The van der Waals surface area contributed by atoms with Crippen LogP contribution in [0.15, 0.2) is 18.2 Å². The summed E-state index contributed by atoms with van der Waals surface area (Å²) in [5.41, 5.74) is 1.11. The van der Waals surface area contributed by atoms with Crippen LogP contribution < -0.4 is 10.6 Å². The number of piperidine rings is 1. The fraction of sp³-hybridized carbons (Fsp3) is 0.571. The van der Waals surface area contributed by atoms with Crippen LogP contribution in [0.1, 0.15) is 37.8 Å². The second-order valence-electron chi connectivity index (χ2n) is 4.94. The molecule has 18 heavy (non-hydrogen) atoms. The molecular formula is C14H20Cl2N2. The quantitative estimate of drug-likeness (QED) is 0.880. The first kappa shape index (κ1) is 14.1. The molecule has 100 valence electrons. The maximum atomic E-state index is 6.21. The van der Waals surface area contributed by atoms with E-state index in [0.717, 1.165) is 23.7 Å². The molecule has 2 unspecified atom stereocenters. The van der Waals surface area contributed by atoms with Crippen molar-refractivity contribution in [2.75, 3.05) is 13.1 Å². The van der Waals surface area contributed by atoms with E-state index in [-0.39, 0.29) is 6.04 Å². The van der Waals surface area contributed by atoms with Crippen LogP contribution in [0.25, 0.3) is 0 Å². The molecule has 1 fully saturated rings. The van der Waals surface area contributed by atoms with Gasteiger partial charge >= 0.3 is 0 Å². The molecule has 2 N–H and O–H groups in total. The second kappa shape index (κ2) is 6.76. The van der Waals surface area contributed by atoms with Gasteiger partial charge in [0.15, 0.2) is 0 Å². The topological polar surface area (TPSA) is 24.1 Å². The largest absolute Gasteiger partial charge is 0.313 e. The number of nitrogens with one attached hydrogen (secondary N) is 2. The smallest absolute Gasteiger partial charge is 0.0468 e. The normalized spacial score (nSPS) is 21.8. The Morgan fingerprint density at radius 2 is 2.22 bits per heavy atom. The average Bonchev–Trinajstić information content (AvgIpc) is 2.37. The van der Waals surface area contributed by atoms with Crippen LogP contribution in [0.4, 0.5) is 0 Å². The second-order valence-corrected chi connectivity index (χ2v) is 5.79. The Morgan fingerprint density at radius 1 is 1.39 bits per heavy atom. The van der Waals surface area contributed by atoms with Gasteiger partial charge in [0.25, 0.3) is 0 Å². The number of halogens is 2. The molecule has 1 aliphatic rings. The fourth-order valence-electron chi connectivity index (χ4n) is 2.38.